The lowest BCUT2D eigenvalue weighted by atomic mass is 9.80. The predicted octanol–water partition coefficient (Wildman–Crippen LogP) is 3.60. The maximum Gasteiger partial charge on any atom is 0.410 e. The number of nitrogens with one attached hydrogen (secondary N) is 1. The maximum atomic E-state index is 12.3. The molecule has 2 amide bonds. The molecule has 3 rings (SSSR count). The van der Waals surface area contributed by atoms with Crippen molar-refractivity contribution in [2.75, 3.05) is 13.1 Å². The Morgan fingerprint density at radius 1 is 1.21 bits per heavy atom. The number of nitrogens with zero attached hydrogens (tertiary/aromatic N) is 1. The molecule has 2 N–H and O–H groups in total. The molecule has 2 fully saturated rings. The first-order valence-electron chi connectivity index (χ1n) is 10.3. The smallest absolute Gasteiger partial charge is 0.410 e. The second-order valence-corrected chi connectivity index (χ2v) is 8.61. The Morgan fingerprint density at radius 2 is 1.89 bits per heavy atom. The van der Waals surface area contributed by atoms with Gasteiger partial charge in [-0.3, -0.25) is 4.79 Å². The number of hydrogen-bond donors (Lipinski definition) is 2. The number of benzene rings is 1. The molecule has 1 saturated carbocycles. The molecule has 0 bridgehead atoms. The van der Waals surface area contributed by atoms with Crippen molar-refractivity contribution >= 4 is 12.0 Å². The zero-order valence-electron chi connectivity index (χ0n) is 17.1. The van der Waals surface area contributed by atoms with Gasteiger partial charge in [0.25, 0.3) is 0 Å². The summed E-state index contributed by atoms with van der Waals surface area (Å²) in [6.07, 6.45) is 3.87. The molecule has 1 saturated heterocycles. The number of phenols is 1. The van der Waals surface area contributed by atoms with Gasteiger partial charge in [-0.2, -0.15) is 0 Å². The highest BCUT2D eigenvalue weighted by atomic mass is 16.6. The Bertz CT molecular complexity index is 704. The fourth-order valence-corrected chi connectivity index (χ4v) is 4.04. The number of aryl methyl sites for hydroxylation is 1. The van der Waals surface area contributed by atoms with Crippen LogP contribution in [0.4, 0.5) is 4.79 Å². The van der Waals surface area contributed by atoms with Crippen LogP contribution in [0.5, 0.6) is 5.75 Å². The van der Waals surface area contributed by atoms with E-state index in [2.05, 4.69) is 19.2 Å². The minimum atomic E-state index is -0.286. The predicted molar refractivity (Wildman–Crippen MR) is 107 cm³/mol. The summed E-state index contributed by atoms with van der Waals surface area (Å²) in [4.78, 5) is 26.2. The van der Waals surface area contributed by atoms with Crippen LogP contribution in [0.1, 0.15) is 50.7 Å². The van der Waals surface area contributed by atoms with Crippen LogP contribution in [0.15, 0.2) is 18.2 Å². The van der Waals surface area contributed by atoms with Gasteiger partial charge in [-0.25, -0.2) is 4.79 Å². The van der Waals surface area contributed by atoms with E-state index < -0.39 is 0 Å². The molecule has 1 heterocycles. The Morgan fingerprint density at radius 3 is 2.50 bits per heavy atom. The lowest BCUT2D eigenvalue weighted by Gasteiger charge is -2.39. The van der Waals surface area contributed by atoms with Gasteiger partial charge in [0.15, 0.2) is 0 Å². The van der Waals surface area contributed by atoms with Crippen LogP contribution in [0, 0.1) is 24.7 Å². The molecule has 0 aromatic heterocycles. The minimum Gasteiger partial charge on any atom is -0.508 e. The van der Waals surface area contributed by atoms with E-state index in [0.29, 0.717) is 25.6 Å². The van der Waals surface area contributed by atoms with Crippen molar-refractivity contribution < 1.29 is 19.4 Å². The molecule has 6 heteroatoms. The largest absolute Gasteiger partial charge is 0.508 e. The Labute approximate surface area is 167 Å². The van der Waals surface area contributed by atoms with Crippen LogP contribution in [0.2, 0.25) is 0 Å². The minimum absolute atomic E-state index is 0.0214. The van der Waals surface area contributed by atoms with Gasteiger partial charge in [-0.1, -0.05) is 26.0 Å². The molecule has 28 heavy (non-hydrogen) atoms. The Balaban J connectivity index is 1.36. The number of amides is 2. The van der Waals surface area contributed by atoms with Crippen LogP contribution in [0.3, 0.4) is 0 Å². The topological polar surface area (TPSA) is 78.9 Å². The zero-order chi connectivity index (χ0) is 20.3. The number of likely N-dealkylation sites (tertiary alicyclic amines) is 1. The molecule has 0 unspecified atom stereocenters. The standard InChI is InChI=1S/C22H32N2O4/c1-14(2)17-5-7-19(8-6-17)28-22(27)24-12-18(13-24)21(26)23-11-16-4-9-20(25)15(3)10-16/h4,9-10,14,17-19,25H,5-8,11-13H2,1-3H3,(H,23,26)/t17-,19+. The summed E-state index contributed by atoms with van der Waals surface area (Å²) in [5, 5.41) is 12.5. The van der Waals surface area contributed by atoms with E-state index in [4.69, 9.17) is 4.74 Å². The fourth-order valence-electron chi connectivity index (χ4n) is 4.04. The molecule has 154 valence electrons. The monoisotopic (exact) mass is 388 g/mol. The van der Waals surface area contributed by atoms with Crippen molar-refractivity contribution in [1.29, 1.82) is 0 Å². The van der Waals surface area contributed by atoms with Gasteiger partial charge >= 0.3 is 6.09 Å². The summed E-state index contributed by atoms with van der Waals surface area (Å²) in [6.45, 7) is 7.59. The van der Waals surface area contributed by atoms with E-state index in [0.717, 1.165) is 42.7 Å². The van der Waals surface area contributed by atoms with Gasteiger partial charge in [0.2, 0.25) is 5.91 Å². The van der Waals surface area contributed by atoms with E-state index >= 15 is 0 Å². The number of rotatable bonds is 5. The molecule has 1 aliphatic carbocycles. The van der Waals surface area contributed by atoms with E-state index in [9.17, 15) is 14.7 Å². The summed E-state index contributed by atoms with van der Waals surface area (Å²) in [6, 6.07) is 5.28. The van der Waals surface area contributed by atoms with E-state index in [1.54, 1.807) is 17.0 Å². The molecule has 1 aromatic carbocycles. The second-order valence-electron chi connectivity index (χ2n) is 8.61. The first-order valence-corrected chi connectivity index (χ1v) is 10.3. The van der Waals surface area contributed by atoms with Gasteiger partial charge < -0.3 is 20.1 Å². The zero-order valence-corrected chi connectivity index (χ0v) is 17.1. The van der Waals surface area contributed by atoms with Gasteiger partial charge in [0.05, 0.1) is 5.92 Å². The van der Waals surface area contributed by atoms with Crippen LogP contribution in [-0.2, 0) is 16.1 Å². The van der Waals surface area contributed by atoms with E-state index in [1.807, 2.05) is 13.0 Å². The first kappa shape index (κ1) is 20.5. The molecular weight excluding hydrogens is 356 g/mol. The summed E-state index contributed by atoms with van der Waals surface area (Å²) < 4.78 is 5.64. The molecular formula is C22H32N2O4. The quantitative estimate of drug-likeness (QED) is 0.808. The Hall–Kier alpha value is -2.24. The third-order valence-corrected chi connectivity index (χ3v) is 6.17. The van der Waals surface area contributed by atoms with Crippen molar-refractivity contribution in [2.45, 2.75) is 59.1 Å². The molecule has 1 aromatic rings. The highest BCUT2D eigenvalue weighted by molar-refractivity contribution is 5.82. The van der Waals surface area contributed by atoms with Crippen LogP contribution < -0.4 is 5.32 Å². The highest BCUT2D eigenvalue weighted by Gasteiger charge is 2.37. The van der Waals surface area contributed by atoms with Crippen LogP contribution >= 0.6 is 0 Å². The van der Waals surface area contributed by atoms with E-state index in [1.165, 1.54) is 0 Å². The van der Waals surface area contributed by atoms with Crippen LogP contribution in [-0.4, -0.2) is 41.2 Å². The molecule has 0 radical (unpaired) electrons. The maximum absolute atomic E-state index is 12.3. The third kappa shape index (κ3) is 4.97. The summed E-state index contributed by atoms with van der Waals surface area (Å²) >= 11 is 0. The lowest BCUT2D eigenvalue weighted by molar-refractivity contribution is -0.129. The third-order valence-electron chi connectivity index (χ3n) is 6.17. The second kappa shape index (κ2) is 8.84. The van der Waals surface area contributed by atoms with Crippen molar-refractivity contribution in [3.8, 4) is 5.75 Å². The molecule has 2 aliphatic rings. The molecule has 0 atom stereocenters. The number of carbonyl (C=O) groups excluding carboxylic acids is 2. The number of hydrogen-bond acceptors (Lipinski definition) is 4. The number of aromatic hydroxyl groups is 1. The fraction of sp³-hybridized carbons (Fsp3) is 0.636. The van der Waals surface area contributed by atoms with Gasteiger partial charge in [0.1, 0.15) is 11.9 Å². The van der Waals surface area contributed by atoms with Crippen molar-refractivity contribution in [1.82, 2.24) is 10.2 Å². The first-order chi connectivity index (χ1) is 13.3. The van der Waals surface area contributed by atoms with E-state index in [-0.39, 0.29) is 29.8 Å². The Kier molecular flexibility index (Phi) is 6.47. The van der Waals surface area contributed by atoms with Crippen molar-refractivity contribution in [2.24, 2.45) is 17.8 Å². The van der Waals surface area contributed by atoms with Gasteiger partial charge in [-0.05, 0) is 61.6 Å². The average molecular weight is 389 g/mol. The average Bonchev–Trinajstić information content (AvgIpc) is 2.62. The number of ether oxygens (including phenoxy) is 1. The van der Waals surface area contributed by atoms with Gasteiger partial charge in [-0.15, -0.1) is 0 Å². The SMILES string of the molecule is Cc1cc(CNC(=O)C2CN(C(=O)O[C@H]3CC[C@@H](C(C)C)CC3)C2)ccc1O. The summed E-state index contributed by atoms with van der Waals surface area (Å²) in [5.41, 5.74) is 1.72. The highest BCUT2D eigenvalue weighted by Crippen LogP contribution is 2.32. The van der Waals surface area contributed by atoms with Crippen LogP contribution in [0.25, 0.3) is 0 Å². The van der Waals surface area contributed by atoms with Crippen molar-refractivity contribution in [3.63, 3.8) is 0 Å². The number of phenolic OH excluding ortho intramolecular Hbond substituents is 1. The molecule has 1 aliphatic heterocycles. The summed E-state index contributed by atoms with van der Waals surface area (Å²) in [5.74, 6) is 1.46. The van der Waals surface area contributed by atoms with Gasteiger partial charge in [0, 0.05) is 19.6 Å². The number of carbonyl (C=O) groups is 2. The summed E-state index contributed by atoms with van der Waals surface area (Å²) in [7, 11) is 0. The normalized spacial score (nSPS) is 22.6. The lowest BCUT2D eigenvalue weighted by Crippen LogP contribution is -2.56. The van der Waals surface area contributed by atoms with Crippen molar-refractivity contribution in [3.05, 3.63) is 29.3 Å². The molecule has 0 spiro atoms. The molecule has 6 nitrogen and oxygen atoms in total.